The molecule has 2 aromatic carbocycles. The molecular formula is C16H18FNOS. The highest BCUT2D eigenvalue weighted by Crippen LogP contribution is 2.34. The van der Waals surface area contributed by atoms with Crippen molar-refractivity contribution in [2.75, 3.05) is 14.2 Å². The summed E-state index contributed by atoms with van der Waals surface area (Å²) in [7, 11) is 3.52. The molecule has 4 heteroatoms. The average molecular weight is 291 g/mol. The van der Waals surface area contributed by atoms with Crippen molar-refractivity contribution in [1.82, 2.24) is 5.32 Å². The van der Waals surface area contributed by atoms with E-state index in [1.54, 1.807) is 24.9 Å². The number of benzene rings is 2. The van der Waals surface area contributed by atoms with Crippen molar-refractivity contribution in [1.29, 1.82) is 0 Å². The predicted octanol–water partition coefficient (Wildman–Crippen LogP) is 4.27. The first-order chi connectivity index (χ1) is 9.63. The second-order valence-corrected chi connectivity index (χ2v) is 5.59. The highest BCUT2D eigenvalue weighted by atomic mass is 32.2. The molecule has 0 aliphatic carbocycles. The number of methoxy groups -OCH3 is 1. The average Bonchev–Trinajstić information content (AvgIpc) is 2.49. The zero-order valence-electron chi connectivity index (χ0n) is 11.8. The van der Waals surface area contributed by atoms with Crippen LogP contribution in [0.25, 0.3) is 0 Å². The number of halogens is 1. The zero-order chi connectivity index (χ0) is 14.5. The van der Waals surface area contributed by atoms with Gasteiger partial charge in [0.25, 0.3) is 0 Å². The monoisotopic (exact) mass is 291 g/mol. The van der Waals surface area contributed by atoms with Crippen LogP contribution in [0.5, 0.6) is 5.75 Å². The molecule has 0 aromatic heterocycles. The van der Waals surface area contributed by atoms with Crippen LogP contribution in [0.2, 0.25) is 0 Å². The Morgan fingerprint density at radius 1 is 1.15 bits per heavy atom. The molecule has 0 saturated heterocycles. The Hall–Kier alpha value is -1.52. The molecule has 0 radical (unpaired) electrons. The van der Waals surface area contributed by atoms with Gasteiger partial charge in [0.2, 0.25) is 0 Å². The van der Waals surface area contributed by atoms with Crippen LogP contribution in [0.1, 0.15) is 18.5 Å². The largest absolute Gasteiger partial charge is 0.497 e. The minimum atomic E-state index is -0.207. The Bertz CT molecular complexity index is 571. The molecule has 0 amide bonds. The Kier molecular flexibility index (Phi) is 5.04. The number of hydrogen-bond donors (Lipinski definition) is 1. The summed E-state index contributed by atoms with van der Waals surface area (Å²) in [5.41, 5.74) is 0.966. The number of ether oxygens (including phenoxy) is 1. The molecule has 0 fully saturated rings. The maximum Gasteiger partial charge on any atom is 0.123 e. The van der Waals surface area contributed by atoms with E-state index in [9.17, 15) is 4.39 Å². The van der Waals surface area contributed by atoms with E-state index in [-0.39, 0.29) is 11.9 Å². The Morgan fingerprint density at radius 2 is 1.85 bits per heavy atom. The third-order valence-electron chi connectivity index (χ3n) is 3.16. The van der Waals surface area contributed by atoms with Gasteiger partial charge in [0.1, 0.15) is 11.6 Å². The molecule has 0 saturated carbocycles. The molecule has 1 N–H and O–H groups in total. The number of rotatable bonds is 5. The van der Waals surface area contributed by atoms with Gasteiger partial charge in [-0.1, -0.05) is 11.8 Å². The van der Waals surface area contributed by atoms with E-state index in [4.69, 9.17) is 4.74 Å². The Labute approximate surface area is 123 Å². The van der Waals surface area contributed by atoms with Gasteiger partial charge in [-0.05, 0) is 62.0 Å². The molecule has 0 spiro atoms. The predicted molar refractivity (Wildman–Crippen MR) is 81.0 cm³/mol. The number of hydrogen-bond acceptors (Lipinski definition) is 3. The summed E-state index contributed by atoms with van der Waals surface area (Å²) in [5.74, 6) is 0.624. The van der Waals surface area contributed by atoms with Crippen molar-refractivity contribution in [2.45, 2.75) is 22.8 Å². The Morgan fingerprint density at radius 3 is 2.45 bits per heavy atom. The third-order valence-corrected chi connectivity index (χ3v) is 4.26. The summed E-state index contributed by atoms with van der Waals surface area (Å²) in [6.07, 6.45) is 0. The molecule has 2 nitrogen and oxygen atoms in total. The highest BCUT2D eigenvalue weighted by molar-refractivity contribution is 7.99. The van der Waals surface area contributed by atoms with E-state index in [1.165, 1.54) is 6.07 Å². The van der Waals surface area contributed by atoms with Crippen LogP contribution < -0.4 is 10.1 Å². The van der Waals surface area contributed by atoms with Crippen molar-refractivity contribution in [3.8, 4) is 5.75 Å². The minimum absolute atomic E-state index is 0.103. The summed E-state index contributed by atoms with van der Waals surface area (Å²) >= 11 is 1.62. The van der Waals surface area contributed by atoms with Gasteiger partial charge in [-0.25, -0.2) is 4.39 Å². The standard InChI is InChI=1S/C16H18FNOS/c1-11(18-2)15-10-12(17)4-9-16(15)20-14-7-5-13(19-3)6-8-14/h4-11,18H,1-3H3. The van der Waals surface area contributed by atoms with Crippen molar-refractivity contribution in [3.05, 3.63) is 53.8 Å². The molecule has 20 heavy (non-hydrogen) atoms. The summed E-state index contributed by atoms with van der Waals surface area (Å²) in [6.45, 7) is 2.02. The van der Waals surface area contributed by atoms with Gasteiger partial charge in [-0.2, -0.15) is 0 Å². The van der Waals surface area contributed by atoms with E-state index in [2.05, 4.69) is 5.32 Å². The van der Waals surface area contributed by atoms with E-state index >= 15 is 0 Å². The van der Waals surface area contributed by atoms with Crippen molar-refractivity contribution in [3.63, 3.8) is 0 Å². The van der Waals surface area contributed by atoms with Crippen LogP contribution >= 0.6 is 11.8 Å². The van der Waals surface area contributed by atoms with Gasteiger partial charge in [-0.15, -0.1) is 0 Å². The molecule has 0 heterocycles. The van der Waals surface area contributed by atoms with Crippen LogP contribution in [-0.4, -0.2) is 14.2 Å². The molecule has 0 aliphatic rings. The van der Waals surface area contributed by atoms with Crippen LogP contribution in [0.15, 0.2) is 52.3 Å². The molecule has 1 unspecified atom stereocenters. The normalized spacial score (nSPS) is 12.2. The van der Waals surface area contributed by atoms with Crippen LogP contribution in [0, 0.1) is 5.82 Å². The fraction of sp³-hybridized carbons (Fsp3) is 0.250. The maximum absolute atomic E-state index is 13.4. The highest BCUT2D eigenvalue weighted by Gasteiger charge is 2.11. The summed E-state index contributed by atoms with van der Waals surface area (Å²) in [5, 5.41) is 3.15. The van der Waals surface area contributed by atoms with Gasteiger partial charge in [0, 0.05) is 15.8 Å². The van der Waals surface area contributed by atoms with Gasteiger partial charge in [-0.3, -0.25) is 0 Å². The molecule has 1 atom stereocenters. The topological polar surface area (TPSA) is 21.3 Å². The summed E-state index contributed by atoms with van der Waals surface area (Å²) in [6, 6.07) is 12.9. The van der Waals surface area contributed by atoms with E-state index in [1.807, 2.05) is 44.3 Å². The zero-order valence-corrected chi connectivity index (χ0v) is 12.6. The van der Waals surface area contributed by atoms with Gasteiger partial charge >= 0.3 is 0 Å². The van der Waals surface area contributed by atoms with Gasteiger partial charge in [0.15, 0.2) is 0 Å². The lowest BCUT2D eigenvalue weighted by Crippen LogP contribution is -2.13. The summed E-state index contributed by atoms with van der Waals surface area (Å²) in [4.78, 5) is 2.15. The SMILES string of the molecule is CNC(C)c1cc(F)ccc1Sc1ccc(OC)cc1. The van der Waals surface area contributed by atoms with E-state index in [0.29, 0.717) is 0 Å². The summed E-state index contributed by atoms with van der Waals surface area (Å²) < 4.78 is 18.6. The molecule has 0 aliphatic heterocycles. The van der Waals surface area contributed by atoms with Crippen molar-refractivity contribution >= 4 is 11.8 Å². The Balaban J connectivity index is 2.27. The lowest BCUT2D eigenvalue weighted by Gasteiger charge is -2.15. The van der Waals surface area contributed by atoms with Gasteiger partial charge < -0.3 is 10.1 Å². The first-order valence-corrected chi connectivity index (χ1v) is 7.24. The second kappa shape index (κ2) is 6.77. The van der Waals surface area contributed by atoms with Crippen LogP contribution in [-0.2, 0) is 0 Å². The minimum Gasteiger partial charge on any atom is -0.497 e. The fourth-order valence-corrected chi connectivity index (χ4v) is 2.89. The van der Waals surface area contributed by atoms with Gasteiger partial charge in [0.05, 0.1) is 7.11 Å². The molecule has 106 valence electrons. The second-order valence-electron chi connectivity index (χ2n) is 4.47. The lowest BCUT2D eigenvalue weighted by molar-refractivity contribution is 0.414. The molecule has 0 bridgehead atoms. The third kappa shape index (κ3) is 3.52. The van der Waals surface area contributed by atoms with Crippen LogP contribution in [0.4, 0.5) is 4.39 Å². The van der Waals surface area contributed by atoms with Crippen molar-refractivity contribution in [2.24, 2.45) is 0 Å². The van der Waals surface area contributed by atoms with Crippen molar-refractivity contribution < 1.29 is 9.13 Å². The fourth-order valence-electron chi connectivity index (χ4n) is 1.88. The van der Waals surface area contributed by atoms with E-state index < -0.39 is 0 Å². The van der Waals surface area contributed by atoms with Crippen LogP contribution in [0.3, 0.4) is 0 Å². The first kappa shape index (κ1) is 14.9. The molecular weight excluding hydrogens is 273 g/mol. The van der Waals surface area contributed by atoms with E-state index in [0.717, 1.165) is 21.1 Å². The molecule has 2 rings (SSSR count). The molecule has 2 aromatic rings. The maximum atomic E-state index is 13.4. The first-order valence-electron chi connectivity index (χ1n) is 6.42. The number of nitrogens with one attached hydrogen (secondary N) is 1. The smallest absolute Gasteiger partial charge is 0.123 e. The quantitative estimate of drug-likeness (QED) is 0.889. The lowest BCUT2D eigenvalue weighted by atomic mass is 10.1.